The topological polar surface area (TPSA) is 103 Å². The summed E-state index contributed by atoms with van der Waals surface area (Å²) >= 11 is 0. The van der Waals surface area contributed by atoms with Gasteiger partial charge in [0.1, 0.15) is 29.4 Å². The van der Waals surface area contributed by atoms with Crippen molar-refractivity contribution in [3.8, 4) is 11.5 Å². The fourth-order valence-electron chi connectivity index (χ4n) is 3.25. The first kappa shape index (κ1) is 20.7. The zero-order valence-corrected chi connectivity index (χ0v) is 16.8. The number of aryl methyl sites for hydroxylation is 1. The zero-order chi connectivity index (χ0) is 20.8. The smallest absolute Gasteiger partial charge is 0.261 e. The quantitative estimate of drug-likeness (QED) is 0.721. The van der Waals surface area contributed by atoms with Crippen LogP contribution in [0.25, 0.3) is 0 Å². The van der Waals surface area contributed by atoms with Crippen molar-refractivity contribution in [3.63, 3.8) is 0 Å². The van der Waals surface area contributed by atoms with Gasteiger partial charge in [0.2, 0.25) is 5.91 Å². The van der Waals surface area contributed by atoms with Gasteiger partial charge in [-0.3, -0.25) is 9.59 Å². The van der Waals surface area contributed by atoms with E-state index in [-0.39, 0.29) is 30.7 Å². The molecule has 1 fully saturated rings. The molecule has 1 atom stereocenters. The Hall–Kier alpha value is -3.07. The second kappa shape index (κ2) is 9.42. The third-order valence-electron chi connectivity index (χ3n) is 4.61. The lowest BCUT2D eigenvalue weighted by atomic mass is 10.1. The van der Waals surface area contributed by atoms with E-state index in [1.54, 1.807) is 31.2 Å². The van der Waals surface area contributed by atoms with Gasteiger partial charge in [0, 0.05) is 19.2 Å². The molecule has 1 aliphatic heterocycles. The Balaban J connectivity index is 1.82. The monoisotopic (exact) mass is 403 g/mol. The standard InChI is InChI=1S/C20H25N3O6/c1-13-10-17(22-29-13)21-18(24)12-23(11-14-6-5-9-28-14)20(25)19-15(26-2)7-4-8-16(19)27-3/h4,7-8,10,14H,5-6,9,11-12H2,1-3H3,(H,21,22,24)/t14-/m1/s1. The lowest BCUT2D eigenvalue weighted by molar-refractivity contribution is -0.117. The van der Waals surface area contributed by atoms with Crippen molar-refractivity contribution in [2.24, 2.45) is 0 Å². The van der Waals surface area contributed by atoms with Gasteiger partial charge in [0.15, 0.2) is 5.82 Å². The molecule has 0 bridgehead atoms. The fourth-order valence-corrected chi connectivity index (χ4v) is 3.25. The molecule has 2 amide bonds. The van der Waals surface area contributed by atoms with Crippen molar-refractivity contribution in [2.75, 3.05) is 39.2 Å². The van der Waals surface area contributed by atoms with Crippen LogP contribution in [0.5, 0.6) is 11.5 Å². The Kier molecular flexibility index (Phi) is 6.71. The molecule has 3 rings (SSSR count). The Morgan fingerprint density at radius 2 is 2.00 bits per heavy atom. The summed E-state index contributed by atoms with van der Waals surface area (Å²) in [5.74, 6) is 0.858. The third-order valence-corrected chi connectivity index (χ3v) is 4.61. The number of nitrogens with one attached hydrogen (secondary N) is 1. The van der Waals surface area contributed by atoms with Crippen molar-refractivity contribution >= 4 is 17.6 Å². The van der Waals surface area contributed by atoms with E-state index in [1.807, 2.05) is 0 Å². The summed E-state index contributed by atoms with van der Waals surface area (Å²) in [6.45, 7) is 2.48. The summed E-state index contributed by atoms with van der Waals surface area (Å²) in [5.41, 5.74) is 0.264. The number of anilines is 1. The predicted molar refractivity (Wildman–Crippen MR) is 104 cm³/mol. The molecular weight excluding hydrogens is 378 g/mol. The SMILES string of the molecule is COc1cccc(OC)c1C(=O)N(CC(=O)Nc1cc(C)on1)C[C@H]1CCCO1. The molecule has 1 aromatic carbocycles. The van der Waals surface area contributed by atoms with Crippen molar-refractivity contribution in [2.45, 2.75) is 25.9 Å². The Bertz CT molecular complexity index is 837. The van der Waals surface area contributed by atoms with Crippen molar-refractivity contribution in [1.29, 1.82) is 0 Å². The summed E-state index contributed by atoms with van der Waals surface area (Å²) in [6.07, 6.45) is 1.63. The minimum absolute atomic E-state index is 0.123. The highest BCUT2D eigenvalue weighted by molar-refractivity contribution is 6.02. The molecule has 2 aromatic rings. The number of benzene rings is 1. The summed E-state index contributed by atoms with van der Waals surface area (Å²) in [7, 11) is 2.96. The van der Waals surface area contributed by atoms with Crippen LogP contribution in [0.2, 0.25) is 0 Å². The number of hydrogen-bond acceptors (Lipinski definition) is 7. The first-order valence-corrected chi connectivity index (χ1v) is 9.37. The summed E-state index contributed by atoms with van der Waals surface area (Å²) in [4.78, 5) is 27.4. The Morgan fingerprint density at radius 1 is 1.28 bits per heavy atom. The normalized spacial score (nSPS) is 15.8. The van der Waals surface area contributed by atoms with E-state index in [0.29, 0.717) is 29.7 Å². The predicted octanol–water partition coefficient (Wildman–Crippen LogP) is 2.26. The molecule has 2 heterocycles. The highest BCUT2D eigenvalue weighted by atomic mass is 16.5. The van der Waals surface area contributed by atoms with E-state index in [9.17, 15) is 9.59 Å². The average molecular weight is 403 g/mol. The number of hydrogen-bond donors (Lipinski definition) is 1. The van der Waals surface area contributed by atoms with E-state index in [2.05, 4.69) is 10.5 Å². The Morgan fingerprint density at radius 3 is 2.55 bits per heavy atom. The van der Waals surface area contributed by atoms with E-state index < -0.39 is 5.91 Å². The van der Waals surface area contributed by atoms with Gasteiger partial charge < -0.3 is 29.0 Å². The second-order valence-corrected chi connectivity index (χ2v) is 6.73. The third kappa shape index (κ3) is 5.05. The van der Waals surface area contributed by atoms with Crippen LogP contribution in [0.1, 0.15) is 29.0 Å². The molecule has 1 aromatic heterocycles. The van der Waals surface area contributed by atoms with Crippen molar-refractivity contribution < 1.29 is 28.3 Å². The van der Waals surface area contributed by atoms with Crippen molar-refractivity contribution in [1.82, 2.24) is 10.1 Å². The molecule has 0 unspecified atom stereocenters. The van der Waals surface area contributed by atoms with E-state index in [1.165, 1.54) is 19.1 Å². The summed E-state index contributed by atoms with van der Waals surface area (Å²) in [6, 6.07) is 6.70. The first-order chi connectivity index (χ1) is 14.0. The highest BCUT2D eigenvalue weighted by Gasteiger charge is 2.29. The lowest BCUT2D eigenvalue weighted by Gasteiger charge is -2.26. The van der Waals surface area contributed by atoms with Crippen LogP contribution in [0.3, 0.4) is 0 Å². The van der Waals surface area contributed by atoms with E-state index in [0.717, 1.165) is 12.8 Å². The molecule has 9 heteroatoms. The molecule has 0 spiro atoms. The van der Waals surface area contributed by atoms with Gasteiger partial charge in [-0.1, -0.05) is 11.2 Å². The van der Waals surface area contributed by atoms with E-state index in [4.69, 9.17) is 18.7 Å². The fraction of sp³-hybridized carbons (Fsp3) is 0.450. The number of rotatable bonds is 8. The van der Waals surface area contributed by atoms with Crippen LogP contribution in [0.15, 0.2) is 28.8 Å². The maximum absolute atomic E-state index is 13.4. The van der Waals surface area contributed by atoms with Gasteiger partial charge in [-0.2, -0.15) is 0 Å². The van der Waals surface area contributed by atoms with Crippen LogP contribution < -0.4 is 14.8 Å². The van der Waals surface area contributed by atoms with Gasteiger partial charge in [0.05, 0.1) is 20.3 Å². The second-order valence-electron chi connectivity index (χ2n) is 6.73. The molecular formula is C20H25N3O6. The number of carbonyl (C=O) groups is 2. The molecule has 0 radical (unpaired) electrons. The highest BCUT2D eigenvalue weighted by Crippen LogP contribution is 2.30. The minimum Gasteiger partial charge on any atom is -0.496 e. The molecule has 1 N–H and O–H groups in total. The largest absolute Gasteiger partial charge is 0.496 e. The average Bonchev–Trinajstić information content (AvgIpc) is 3.37. The number of aromatic nitrogens is 1. The number of methoxy groups -OCH3 is 2. The molecule has 1 saturated heterocycles. The first-order valence-electron chi connectivity index (χ1n) is 9.37. The molecule has 0 saturated carbocycles. The summed E-state index contributed by atoms with van der Waals surface area (Å²) in [5, 5.41) is 6.39. The van der Waals surface area contributed by atoms with Gasteiger partial charge >= 0.3 is 0 Å². The zero-order valence-electron chi connectivity index (χ0n) is 16.8. The van der Waals surface area contributed by atoms with E-state index >= 15 is 0 Å². The molecule has 0 aliphatic carbocycles. The molecule has 29 heavy (non-hydrogen) atoms. The number of carbonyl (C=O) groups excluding carboxylic acids is 2. The number of nitrogens with zero attached hydrogens (tertiary/aromatic N) is 2. The lowest BCUT2D eigenvalue weighted by Crippen LogP contribution is -2.42. The van der Waals surface area contributed by atoms with Gasteiger partial charge in [-0.05, 0) is 31.9 Å². The van der Waals surface area contributed by atoms with Crippen LogP contribution in [0.4, 0.5) is 5.82 Å². The van der Waals surface area contributed by atoms with Crippen LogP contribution in [-0.4, -0.2) is 61.9 Å². The summed E-state index contributed by atoms with van der Waals surface area (Å²) < 4.78 is 21.3. The maximum atomic E-state index is 13.4. The Labute approximate surface area is 168 Å². The van der Waals surface area contributed by atoms with Crippen LogP contribution >= 0.6 is 0 Å². The number of amides is 2. The molecule has 9 nitrogen and oxygen atoms in total. The van der Waals surface area contributed by atoms with Crippen LogP contribution in [0, 0.1) is 6.92 Å². The maximum Gasteiger partial charge on any atom is 0.261 e. The minimum atomic E-state index is -0.390. The van der Waals surface area contributed by atoms with Crippen molar-refractivity contribution in [3.05, 3.63) is 35.6 Å². The molecule has 156 valence electrons. The van der Waals surface area contributed by atoms with Gasteiger partial charge in [-0.25, -0.2) is 0 Å². The van der Waals surface area contributed by atoms with Gasteiger partial charge in [0.25, 0.3) is 5.91 Å². The van der Waals surface area contributed by atoms with Gasteiger partial charge in [-0.15, -0.1) is 0 Å². The number of ether oxygens (including phenoxy) is 3. The molecule has 1 aliphatic rings. The van der Waals surface area contributed by atoms with Crippen LogP contribution in [-0.2, 0) is 9.53 Å².